The average Bonchev–Trinajstić information content (AvgIpc) is 2.59. The molecule has 1 aromatic carbocycles. The van der Waals surface area contributed by atoms with Crippen LogP contribution in [0.4, 0.5) is 0 Å². The van der Waals surface area contributed by atoms with Crippen LogP contribution in [0.2, 0.25) is 0 Å². The van der Waals surface area contributed by atoms with E-state index in [4.69, 9.17) is 17.0 Å². The molecule has 9 heteroatoms. The van der Waals surface area contributed by atoms with Crippen molar-refractivity contribution in [2.45, 2.75) is 6.92 Å². The largest absolute Gasteiger partial charge is 0.484 e. The fraction of sp³-hybridized carbons (Fsp3) is 0.125. The van der Waals surface area contributed by atoms with E-state index in [0.29, 0.717) is 11.3 Å². The quantitative estimate of drug-likeness (QED) is 0.550. The Morgan fingerprint density at radius 2 is 1.88 bits per heavy atom. The van der Waals surface area contributed by atoms with E-state index < -0.39 is 11.8 Å². The van der Waals surface area contributed by atoms with E-state index in [2.05, 4.69) is 21.2 Å². The van der Waals surface area contributed by atoms with Crippen molar-refractivity contribution in [1.82, 2.24) is 21.2 Å². The minimum atomic E-state index is -0.438. The summed E-state index contributed by atoms with van der Waals surface area (Å²) in [4.78, 5) is 27.3. The fourth-order valence-corrected chi connectivity index (χ4v) is 1.90. The van der Waals surface area contributed by atoms with E-state index in [1.54, 1.807) is 18.2 Å². The van der Waals surface area contributed by atoms with Crippen molar-refractivity contribution < 1.29 is 14.3 Å². The van der Waals surface area contributed by atoms with E-state index >= 15 is 0 Å². The molecular weight excluding hydrogens is 364 g/mol. The van der Waals surface area contributed by atoms with Gasteiger partial charge in [-0.3, -0.25) is 30.7 Å². The van der Waals surface area contributed by atoms with Gasteiger partial charge >= 0.3 is 0 Å². The van der Waals surface area contributed by atoms with Crippen LogP contribution in [0.15, 0.2) is 48.8 Å². The number of halogens is 1. The molecule has 0 spiro atoms. The molecule has 0 atom stereocenters. The van der Waals surface area contributed by atoms with Gasteiger partial charge in [-0.1, -0.05) is 12.1 Å². The summed E-state index contributed by atoms with van der Waals surface area (Å²) in [5.41, 5.74) is 6.26. The van der Waals surface area contributed by atoms with Crippen LogP contribution in [0.25, 0.3) is 0 Å². The Labute approximate surface area is 156 Å². The van der Waals surface area contributed by atoms with E-state index in [9.17, 15) is 9.59 Å². The predicted molar refractivity (Wildman–Crippen MR) is 99.5 cm³/mol. The maximum atomic E-state index is 11.8. The second kappa shape index (κ2) is 10.2. The number of aromatic nitrogens is 1. The highest BCUT2D eigenvalue weighted by molar-refractivity contribution is 7.80. The molecule has 0 radical (unpaired) electrons. The number of hydrogen-bond donors (Lipinski definition) is 3. The maximum Gasteiger partial charge on any atom is 0.269 e. The van der Waals surface area contributed by atoms with Crippen molar-refractivity contribution >= 4 is 41.6 Å². The van der Waals surface area contributed by atoms with Gasteiger partial charge in [0.15, 0.2) is 11.7 Å². The third-order valence-corrected chi connectivity index (χ3v) is 3.05. The van der Waals surface area contributed by atoms with Crippen LogP contribution in [-0.2, 0) is 4.79 Å². The van der Waals surface area contributed by atoms with Gasteiger partial charge in [0.1, 0.15) is 5.75 Å². The monoisotopic (exact) mass is 380 g/mol. The Morgan fingerprint density at radius 1 is 1.16 bits per heavy atom. The zero-order valence-electron chi connectivity index (χ0n) is 13.3. The first-order valence-electron chi connectivity index (χ1n) is 7.04. The van der Waals surface area contributed by atoms with Crippen molar-refractivity contribution in [3.63, 3.8) is 0 Å². The zero-order chi connectivity index (χ0) is 17.4. The summed E-state index contributed by atoms with van der Waals surface area (Å²) in [6.45, 7) is 1.74. The summed E-state index contributed by atoms with van der Waals surface area (Å²) in [7, 11) is 0. The number of thiocarbonyl (C=S) groups is 1. The second-order valence-corrected chi connectivity index (χ2v) is 5.21. The molecule has 2 rings (SSSR count). The van der Waals surface area contributed by atoms with Crippen LogP contribution in [0, 0.1) is 6.92 Å². The number of hydrazine groups is 1. The molecule has 0 unspecified atom stereocenters. The number of aryl methyl sites for hydroxylation is 1. The van der Waals surface area contributed by atoms with E-state index in [-0.39, 0.29) is 24.1 Å². The van der Waals surface area contributed by atoms with Gasteiger partial charge in [0, 0.05) is 18.0 Å². The molecule has 0 saturated carbocycles. The first-order chi connectivity index (χ1) is 11.5. The summed E-state index contributed by atoms with van der Waals surface area (Å²) < 4.78 is 5.35. The molecule has 132 valence electrons. The summed E-state index contributed by atoms with van der Waals surface area (Å²) >= 11 is 4.92. The Balaban J connectivity index is 0.00000312. The average molecular weight is 381 g/mol. The minimum absolute atomic E-state index is 0. The molecule has 2 aromatic rings. The lowest BCUT2D eigenvalue weighted by atomic mass is 10.2. The third-order valence-electron chi connectivity index (χ3n) is 2.84. The molecule has 3 N–H and O–H groups in total. The fourth-order valence-electron chi connectivity index (χ4n) is 1.74. The number of amides is 2. The van der Waals surface area contributed by atoms with Crippen LogP contribution in [0.1, 0.15) is 15.9 Å². The van der Waals surface area contributed by atoms with Gasteiger partial charge in [-0.15, -0.1) is 12.4 Å². The molecule has 1 aromatic heterocycles. The van der Waals surface area contributed by atoms with Gasteiger partial charge in [0.25, 0.3) is 11.8 Å². The second-order valence-electron chi connectivity index (χ2n) is 4.80. The van der Waals surface area contributed by atoms with Crippen LogP contribution in [0.5, 0.6) is 5.75 Å². The van der Waals surface area contributed by atoms with Crippen molar-refractivity contribution in [2.75, 3.05) is 6.61 Å². The van der Waals surface area contributed by atoms with E-state index in [1.165, 1.54) is 12.4 Å². The number of carbonyl (C=O) groups is 2. The van der Waals surface area contributed by atoms with Gasteiger partial charge in [-0.2, -0.15) is 0 Å². The highest BCUT2D eigenvalue weighted by Crippen LogP contribution is 2.11. The Kier molecular flexibility index (Phi) is 8.31. The topological polar surface area (TPSA) is 92.4 Å². The van der Waals surface area contributed by atoms with Crippen molar-refractivity contribution in [1.29, 1.82) is 0 Å². The standard InChI is InChI=1S/C16H16N4O3S.ClH/c1-11-3-2-4-13(9-11)23-10-14(21)18-16(24)20-19-15(22)12-5-7-17-8-6-12;/h2-9H,10H2,1H3,(H,19,22)(H2,18,20,21,24);1H. The first kappa shape index (κ1) is 20.3. The highest BCUT2D eigenvalue weighted by atomic mass is 35.5. The molecule has 0 aliphatic rings. The molecule has 7 nitrogen and oxygen atoms in total. The molecule has 0 fully saturated rings. The van der Waals surface area contributed by atoms with Crippen LogP contribution in [-0.4, -0.2) is 28.5 Å². The lowest BCUT2D eigenvalue weighted by molar-refractivity contribution is -0.121. The number of carbonyl (C=O) groups excluding carboxylic acids is 2. The highest BCUT2D eigenvalue weighted by Gasteiger charge is 2.08. The number of rotatable bonds is 4. The van der Waals surface area contributed by atoms with Gasteiger partial charge < -0.3 is 4.74 Å². The van der Waals surface area contributed by atoms with Gasteiger partial charge in [-0.05, 0) is 49.0 Å². The first-order valence-corrected chi connectivity index (χ1v) is 7.45. The molecule has 0 aliphatic carbocycles. The van der Waals surface area contributed by atoms with Gasteiger partial charge in [0.05, 0.1) is 0 Å². The molecule has 0 saturated heterocycles. The smallest absolute Gasteiger partial charge is 0.269 e. The zero-order valence-corrected chi connectivity index (χ0v) is 14.9. The predicted octanol–water partition coefficient (Wildman–Crippen LogP) is 1.53. The summed E-state index contributed by atoms with van der Waals surface area (Å²) in [5.74, 6) is -0.243. The number of nitrogens with one attached hydrogen (secondary N) is 3. The molecule has 0 bridgehead atoms. The van der Waals surface area contributed by atoms with Crippen molar-refractivity contribution in [3.05, 3.63) is 59.9 Å². The molecule has 1 heterocycles. The summed E-state index contributed by atoms with van der Waals surface area (Å²) in [6.07, 6.45) is 3.00. The lowest BCUT2D eigenvalue weighted by Gasteiger charge is -2.11. The Hall–Kier alpha value is -2.71. The van der Waals surface area contributed by atoms with Gasteiger partial charge in [0.2, 0.25) is 0 Å². The normalized spacial score (nSPS) is 9.32. The minimum Gasteiger partial charge on any atom is -0.484 e. The number of benzene rings is 1. The van der Waals surface area contributed by atoms with Crippen LogP contribution >= 0.6 is 24.6 Å². The third kappa shape index (κ3) is 7.15. The SMILES string of the molecule is Cc1cccc(OCC(=O)NC(=S)NNC(=O)c2ccncc2)c1.Cl. The Bertz CT molecular complexity index is 743. The van der Waals surface area contributed by atoms with Crippen LogP contribution in [0.3, 0.4) is 0 Å². The number of ether oxygens (including phenoxy) is 1. The van der Waals surface area contributed by atoms with Gasteiger partial charge in [-0.25, -0.2) is 0 Å². The number of nitrogens with zero attached hydrogens (tertiary/aromatic N) is 1. The molecule has 2 amide bonds. The van der Waals surface area contributed by atoms with Crippen LogP contribution < -0.4 is 20.9 Å². The number of hydrogen-bond acceptors (Lipinski definition) is 5. The summed E-state index contributed by atoms with van der Waals surface area (Å²) in [5, 5.41) is 2.37. The maximum absolute atomic E-state index is 11.8. The summed E-state index contributed by atoms with van der Waals surface area (Å²) in [6, 6.07) is 10.4. The molecular formula is C16H17ClN4O3S. The Morgan fingerprint density at radius 3 is 2.56 bits per heavy atom. The van der Waals surface area contributed by atoms with Crippen molar-refractivity contribution in [2.24, 2.45) is 0 Å². The molecule has 0 aliphatic heterocycles. The molecule has 25 heavy (non-hydrogen) atoms. The van der Waals surface area contributed by atoms with E-state index in [1.807, 2.05) is 25.1 Å². The lowest BCUT2D eigenvalue weighted by Crippen LogP contribution is -2.49. The number of pyridine rings is 1. The van der Waals surface area contributed by atoms with E-state index in [0.717, 1.165) is 5.56 Å². The van der Waals surface area contributed by atoms with Crippen molar-refractivity contribution in [3.8, 4) is 5.75 Å².